The molecule has 2 unspecified atom stereocenters. The highest BCUT2D eigenvalue weighted by Crippen LogP contribution is 2.70. The lowest BCUT2D eigenvalue weighted by atomic mass is 9.63. The first kappa shape index (κ1) is 19.2. The molecule has 2 aliphatic carbocycles. The third kappa shape index (κ3) is 2.18. The van der Waals surface area contributed by atoms with Gasteiger partial charge in [-0.15, -0.1) is 0 Å². The van der Waals surface area contributed by atoms with Gasteiger partial charge in [-0.1, -0.05) is 26.8 Å². The number of aryl methyl sites for hydroxylation is 3. The lowest BCUT2D eigenvalue weighted by Crippen LogP contribution is -2.48. The molecule has 0 spiro atoms. The molecule has 2 aromatic heterocycles. The number of carbonyl (C=O) groups excluding carboxylic acids is 1. The third-order valence-corrected chi connectivity index (χ3v) is 8.17. The first-order valence-corrected chi connectivity index (χ1v) is 10.7. The van der Waals surface area contributed by atoms with Crippen LogP contribution in [0.4, 0.5) is 5.82 Å². The number of carbonyl (C=O) groups is 1. The van der Waals surface area contributed by atoms with Crippen LogP contribution in [0.15, 0.2) is 30.3 Å². The second kappa shape index (κ2) is 5.87. The predicted molar refractivity (Wildman–Crippen MR) is 119 cm³/mol. The van der Waals surface area contributed by atoms with E-state index in [9.17, 15) is 4.79 Å². The monoisotopic (exact) mass is 400 g/mol. The van der Waals surface area contributed by atoms with Crippen LogP contribution in [0.2, 0.25) is 0 Å². The molecule has 2 aliphatic rings. The summed E-state index contributed by atoms with van der Waals surface area (Å²) in [4.78, 5) is 28.5. The summed E-state index contributed by atoms with van der Waals surface area (Å²) >= 11 is 0. The van der Waals surface area contributed by atoms with Gasteiger partial charge in [-0.3, -0.25) is 4.79 Å². The molecule has 2 heterocycles. The van der Waals surface area contributed by atoms with Crippen molar-refractivity contribution in [3.8, 4) is 0 Å². The van der Waals surface area contributed by atoms with Gasteiger partial charge in [-0.25, -0.2) is 15.0 Å². The number of pyridine rings is 1. The molecule has 3 aromatic rings. The van der Waals surface area contributed by atoms with Gasteiger partial charge in [0.2, 0.25) is 5.91 Å². The van der Waals surface area contributed by atoms with Crippen LogP contribution in [0.3, 0.4) is 0 Å². The van der Waals surface area contributed by atoms with Gasteiger partial charge in [-0.2, -0.15) is 0 Å². The standard InChI is InChI=1S/C25H28N4O/c1-14-12-17-18(13-15(14)2)28-21-20(27-17)24(6)10-11-25(21,23(24,4)5)22(30)29-19-9-7-8-16(3)26-19/h7-9,12-13H,10-11H2,1-6H3,(H,26,29,30). The van der Waals surface area contributed by atoms with E-state index in [1.807, 2.05) is 25.1 Å². The number of nitrogens with one attached hydrogen (secondary N) is 1. The van der Waals surface area contributed by atoms with E-state index in [1.165, 1.54) is 11.1 Å². The van der Waals surface area contributed by atoms with Crippen LogP contribution in [0, 0.1) is 26.2 Å². The van der Waals surface area contributed by atoms with Gasteiger partial charge in [0.15, 0.2) is 0 Å². The van der Waals surface area contributed by atoms with E-state index < -0.39 is 5.41 Å². The normalized spacial score (nSPS) is 26.1. The largest absolute Gasteiger partial charge is 0.310 e. The second-order valence-corrected chi connectivity index (χ2v) is 9.83. The second-order valence-electron chi connectivity index (χ2n) is 9.83. The Morgan fingerprint density at radius 3 is 2.17 bits per heavy atom. The Balaban J connectivity index is 1.72. The highest BCUT2D eigenvalue weighted by atomic mass is 16.2. The van der Waals surface area contributed by atoms with E-state index in [0.717, 1.165) is 41.0 Å². The lowest BCUT2D eigenvalue weighted by molar-refractivity contribution is -0.125. The number of aromatic nitrogens is 3. The summed E-state index contributed by atoms with van der Waals surface area (Å²) < 4.78 is 0. The van der Waals surface area contributed by atoms with Crippen molar-refractivity contribution in [3.63, 3.8) is 0 Å². The molecular formula is C25H28N4O. The van der Waals surface area contributed by atoms with Crippen molar-refractivity contribution in [2.24, 2.45) is 5.41 Å². The smallest absolute Gasteiger partial charge is 0.238 e. The fourth-order valence-corrected chi connectivity index (χ4v) is 5.70. The van der Waals surface area contributed by atoms with Crippen molar-refractivity contribution in [1.29, 1.82) is 0 Å². The van der Waals surface area contributed by atoms with Crippen LogP contribution >= 0.6 is 0 Å². The molecule has 0 radical (unpaired) electrons. The quantitative estimate of drug-likeness (QED) is 0.663. The summed E-state index contributed by atoms with van der Waals surface area (Å²) in [5.41, 5.74) is 5.67. The predicted octanol–water partition coefficient (Wildman–Crippen LogP) is 4.92. The molecule has 1 saturated carbocycles. The van der Waals surface area contributed by atoms with Gasteiger partial charge in [0.1, 0.15) is 5.82 Å². The molecule has 30 heavy (non-hydrogen) atoms. The summed E-state index contributed by atoms with van der Waals surface area (Å²) in [6, 6.07) is 9.89. The number of hydrogen-bond acceptors (Lipinski definition) is 4. The van der Waals surface area contributed by atoms with E-state index in [-0.39, 0.29) is 16.7 Å². The minimum Gasteiger partial charge on any atom is -0.310 e. The maximum atomic E-state index is 13.9. The number of rotatable bonds is 2. The van der Waals surface area contributed by atoms with Gasteiger partial charge < -0.3 is 5.32 Å². The molecule has 2 atom stereocenters. The number of anilines is 1. The van der Waals surface area contributed by atoms with Crippen molar-refractivity contribution in [1.82, 2.24) is 15.0 Å². The summed E-state index contributed by atoms with van der Waals surface area (Å²) in [5.74, 6) is 0.568. The molecule has 5 heteroatoms. The Labute approximate surface area is 177 Å². The highest BCUT2D eigenvalue weighted by Gasteiger charge is 2.73. The highest BCUT2D eigenvalue weighted by molar-refractivity contribution is 6.01. The summed E-state index contributed by atoms with van der Waals surface area (Å²) in [7, 11) is 0. The molecule has 1 N–H and O–H groups in total. The Morgan fingerprint density at radius 1 is 0.900 bits per heavy atom. The van der Waals surface area contributed by atoms with Gasteiger partial charge in [0, 0.05) is 11.1 Å². The fourth-order valence-electron chi connectivity index (χ4n) is 5.70. The molecule has 2 bridgehead atoms. The van der Waals surface area contributed by atoms with E-state index in [1.54, 1.807) is 0 Å². The van der Waals surface area contributed by atoms with Crippen LogP contribution in [-0.4, -0.2) is 20.9 Å². The van der Waals surface area contributed by atoms with Crippen molar-refractivity contribution in [2.75, 3.05) is 5.32 Å². The lowest BCUT2D eigenvalue weighted by Gasteiger charge is -2.39. The molecule has 1 amide bonds. The van der Waals surface area contributed by atoms with Crippen LogP contribution < -0.4 is 5.32 Å². The summed E-state index contributed by atoms with van der Waals surface area (Å²) in [6.45, 7) is 12.8. The molecule has 1 aromatic carbocycles. The average Bonchev–Trinajstić information content (AvgIpc) is 2.97. The molecular weight excluding hydrogens is 372 g/mol. The maximum absolute atomic E-state index is 13.9. The SMILES string of the molecule is Cc1cccc(NC(=O)C23CCC(C)(c4nc5cc(C)c(C)cc5nc42)C3(C)C)n1. The van der Waals surface area contributed by atoms with Crippen LogP contribution in [0.5, 0.6) is 0 Å². The number of hydrogen-bond donors (Lipinski definition) is 1. The number of nitrogens with zero attached hydrogens (tertiary/aromatic N) is 3. The van der Waals surface area contributed by atoms with Gasteiger partial charge in [-0.05, 0) is 74.4 Å². The molecule has 0 saturated heterocycles. The number of benzene rings is 1. The topological polar surface area (TPSA) is 67.8 Å². The maximum Gasteiger partial charge on any atom is 0.238 e. The van der Waals surface area contributed by atoms with Crippen molar-refractivity contribution >= 4 is 22.8 Å². The minimum atomic E-state index is -0.720. The Morgan fingerprint density at radius 2 is 1.53 bits per heavy atom. The van der Waals surface area contributed by atoms with Gasteiger partial charge in [0.05, 0.1) is 27.8 Å². The molecule has 1 fully saturated rings. The summed E-state index contributed by atoms with van der Waals surface area (Å²) in [5, 5.41) is 3.11. The molecule has 5 nitrogen and oxygen atoms in total. The van der Waals surface area contributed by atoms with Crippen molar-refractivity contribution in [3.05, 3.63) is 58.5 Å². The van der Waals surface area contributed by atoms with E-state index in [0.29, 0.717) is 5.82 Å². The molecule has 154 valence electrons. The number of amides is 1. The van der Waals surface area contributed by atoms with Gasteiger partial charge in [0.25, 0.3) is 0 Å². The van der Waals surface area contributed by atoms with E-state index in [4.69, 9.17) is 9.97 Å². The molecule has 5 rings (SSSR count). The zero-order valence-electron chi connectivity index (χ0n) is 18.6. The minimum absolute atomic E-state index is 0.0226. The average molecular weight is 401 g/mol. The van der Waals surface area contributed by atoms with Gasteiger partial charge >= 0.3 is 0 Å². The Kier molecular flexibility index (Phi) is 3.75. The molecule has 0 aliphatic heterocycles. The van der Waals surface area contributed by atoms with Crippen molar-refractivity contribution < 1.29 is 4.79 Å². The zero-order chi connectivity index (χ0) is 21.5. The first-order chi connectivity index (χ1) is 14.1. The first-order valence-electron chi connectivity index (χ1n) is 10.7. The van der Waals surface area contributed by atoms with Crippen LogP contribution in [0.25, 0.3) is 11.0 Å². The zero-order valence-corrected chi connectivity index (χ0v) is 18.6. The van der Waals surface area contributed by atoms with E-state index in [2.05, 4.69) is 57.1 Å². The van der Waals surface area contributed by atoms with Crippen LogP contribution in [-0.2, 0) is 15.6 Å². The Bertz CT molecular complexity index is 1230. The van der Waals surface area contributed by atoms with Crippen molar-refractivity contribution in [2.45, 2.75) is 65.2 Å². The number of fused-ring (bicyclic) bond motifs is 6. The fraction of sp³-hybridized carbons (Fsp3) is 0.440. The summed E-state index contributed by atoms with van der Waals surface area (Å²) in [6.07, 6.45) is 1.69. The third-order valence-electron chi connectivity index (χ3n) is 8.17. The van der Waals surface area contributed by atoms with Crippen LogP contribution in [0.1, 0.15) is 61.8 Å². The van der Waals surface area contributed by atoms with E-state index >= 15 is 0 Å². The Hall–Kier alpha value is -2.82.